The minimum absolute atomic E-state index is 0.243. The smallest absolute Gasteiger partial charge is 0.142 e. The summed E-state index contributed by atoms with van der Waals surface area (Å²) in [5, 5.41) is 0. The normalized spacial score (nSPS) is 10.2. The highest BCUT2D eigenvalue weighted by molar-refractivity contribution is 5.70. The van der Waals surface area contributed by atoms with Crippen LogP contribution >= 0.6 is 0 Å². The van der Waals surface area contributed by atoms with Crippen LogP contribution in [0, 0.1) is 5.82 Å². The first-order valence-electron chi connectivity index (χ1n) is 5.49. The van der Waals surface area contributed by atoms with Gasteiger partial charge in [-0.2, -0.15) is 0 Å². The number of anilines is 1. The zero-order valence-electron chi connectivity index (χ0n) is 9.61. The van der Waals surface area contributed by atoms with Gasteiger partial charge in [-0.3, -0.25) is 0 Å². The fraction of sp³-hybridized carbons (Fsp3) is 0.143. The Morgan fingerprint density at radius 3 is 2.29 bits per heavy atom. The van der Waals surface area contributed by atoms with E-state index in [1.54, 1.807) is 12.1 Å². The lowest BCUT2D eigenvalue weighted by molar-refractivity contribution is 0.342. The molecule has 2 rings (SSSR count). The summed E-state index contributed by atoms with van der Waals surface area (Å²) >= 11 is 0. The topological polar surface area (TPSA) is 35.2 Å². The van der Waals surface area contributed by atoms with E-state index in [4.69, 9.17) is 10.5 Å². The molecule has 17 heavy (non-hydrogen) atoms. The second kappa shape index (κ2) is 4.87. The van der Waals surface area contributed by atoms with Crippen molar-refractivity contribution in [3.63, 3.8) is 0 Å². The van der Waals surface area contributed by atoms with Crippen molar-refractivity contribution < 1.29 is 9.13 Å². The molecule has 0 radical (unpaired) electrons. The maximum absolute atomic E-state index is 12.8. The molecule has 0 aromatic heterocycles. The van der Waals surface area contributed by atoms with Crippen LogP contribution in [-0.4, -0.2) is 6.61 Å². The van der Waals surface area contributed by atoms with E-state index < -0.39 is 0 Å². The monoisotopic (exact) mass is 231 g/mol. The molecule has 0 amide bonds. The highest BCUT2D eigenvalue weighted by Gasteiger charge is 2.03. The predicted octanol–water partition coefficient (Wildman–Crippen LogP) is 3.47. The quantitative estimate of drug-likeness (QED) is 0.821. The van der Waals surface area contributed by atoms with E-state index in [1.165, 1.54) is 12.1 Å². The van der Waals surface area contributed by atoms with Gasteiger partial charge in [-0.1, -0.05) is 18.2 Å². The summed E-state index contributed by atoms with van der Waals surface area (Å²) in [4.78, 5) is 0. The minimum Gasteiger partial charge on any atom is -0.492 e. The molecule has 0 aliphatic heterocycles. The Hall–Kier alpha value is -2.03. The van der Waals surface area contributed by atoms with E-state index in [1.807, 2.05) is 25.1 Å². The van der Waals surface area contributed by atoms with Crippen molar-refractivity contribution in [2.75, 3.05) is 12.3 Å². The van der Waals surface area contributed by atoms with Crippen molar-refractivity contribution in [2.45, 2.75) is 6.92 Å². The van der Waals surface area contributed by atoms with Gasteiger partial charge in [-0.25, -0.2) is 4.39 Å². The second-order valence-corrected chi connectivity index (χ2v) is 3.69. The molecule has 0 bridgehead atoms. The molecule has 0 atom stereocenters. The molecular weight excluding hydrogens is 217 g/mol. The number of halogens is 1. The Kier molecular flexibility index (Phi) is 3.28. The Bertz CT molecular complexity index is 508. The number of rotatable bonds is 3. The standard InChI is InChI=1S/C14H14FNO/c1-2-17-14-8-5-11(9-13(14)16)10-3-6-12(15)7-4-10/h3-9H,2,16H2,1H3. The van der Waals surface area contributed by atoms with E-state index in [0.717, 1.165) is 11.1 Å². The molecule has 2 aromatic carbocycles. The fourth-order valence-electron chi connectivity index (χ4n) is 1.66. The van der Waals surface area contributed by atoms with Crippen LogP contribution < -0.4 is 10.5 Å². The summed E-state index contributed by atoms with van der Waals surface area (Å²) in [7, 11) is 0. The van der Waals surface area contributed by atoms with Crippen LogP contribution in [0.4, 0.5) is 10.1 Å². The maximum atomic E-state index is 12.8. The largest absolute Gasteiger partial charge is 0.492 e. The molecule has 0 fully saturated rings. The first-order chi connectivity index (χ1) is 8.20. The molecule has 0 saturated heterocycles. The van der Waals surface area contributed by atoms with Gasteiger partial charge in [-0.15, -0.1) is 0 Å². The second-order valence-electron chi connectivity index (χ2n) is 3.69. The summed E-state index contributed by atoms with van der Waals surface area (Å²) in [6.45, 7) is 2.49. The van der Waals surface area contributed by atoms with Gasteiger partial charge in [0.1, 0.15) is 11.6 Å². The summed E-state index contributed by atoms with van der Waals surface area (Å²) in [6.07, 6.45) is 0. The van der Waals surface area contributed by atoms with Crippen LogP contribution in [0.1, 0.15) is 6.92 Å². The maximum Gasteiger partial charge on any atom is 0.142 e. The first kappa shape index (κ1) is 11.5. The van der Waals surface area contributed by atoms with Crippen LogP contribution in [0.3, 0.4) is 0 Å². The molecule has 0 aliphatic rings. The SMILES string of the molecule is CCOc1ccc(-c2ccc(F)cc2)cc1N. The molecule has 2 nitrogen and oxygen atoms in total. The van der Waals surface area contributed by atoms with E-state index >= 15 is 0 Å². The van der Waals surface area contributed by atoms with Gasteiger partial charge in [0.15, 0.2) is 0 Å². The number of benzene rings is 2. The van der Waals surface area contributed by atoms with Crippen LogP contribution in [0.2, 0.25) is 0 Å². The number of hydrogen-bond donors (Lipinski definition) is 1. The molecule has 2 N–H and O–H groups in total. The summed E-state index contributed by atoms with van der Waals surface area (Å²) in [5.41, 5.74) is 8.35. The Morgan fingerprint density at radius 2 is 1.71 bits per heavy atom. The summed E-state index contributed by atoms with van der Waals surface area (Å²) in [5.74, 6) is 0.436. The zero-order chi connectivity index (χ0) is 12.3. The van der Waals surface area contributed by atoms with Crippen LogP contribution in [0.25, 0.3) is 11.1 Å². The summed E-state index contributed by atoms with van der Waals surface area (Å²) in [6, 6.07) is 11.9. The average molecular weight is 231 g/mol. The molecule has 2 aromatic rings. The Balaban J connectivity index is 2.34. The first-order valence-corrected chi connectivity index (χ1v) is 5.49. The third-order valence-electron chi connectivity index (χ3n) is 2.49. The van der Waals surface area contributed by atoms with Crippen molar-refractivity contribution in [3.8, 4) is 16.9 Å². The zero-order valence-corrected chi connectivity index (χ0v) is 9.61. The van der Waals surface area contributed by atoms with E-state index in [0.29, 0.717) is 18.0 Å². The lowest BCUT2D eigenvalue weighted by atomic mass is 10.0. The number of hydrogen-bond acceptors (Lipinski definition) is 2. The van der Waals surface area contributed by atoms with Gasteiger partial charge in [0.2, 0.25) is 0 Å². The third kappa shape index (κ3) is 2.56. The Labute approximate surface area is 99.8 Å². The van der Waals surface area contributed by atoms with Crippen molar-refractivity contribution in [1.82, 2.24) is 0 Å². The molecule has 0 heterocycles. The molecule has 0 aliphatic carbocycles. The lowest BCUT2D eigenvalue weighted by Crippen LogP contribution is -1.96. The molecule has 0 saturated carbocycles. The fourth-order valence-corrected chi connectivity index (χ4v) is 1.66. The Morgan fingerprint density at radius 1 is 1.06 bits per heavy atom. The average Bonchev–Trinajstić information content (AvgIpc) is 2.33. The number of nitrogens with two attached hydrogens (primary N) is 1. The van der Waals surface area contributed by atoms with Crippen molar-refractivity contribution >= 4 is 5.69 Å². The molecule has 0 spiro atoms. The molecular formula is C14H14FNO. The van der Waals surface area contributed by atoms with Gasteiger partial charge in [0.25, 0.3) is 0 Å². The van der Waals surface area contributed by atoms with Crippen molar-refractivity contribution in [2.24, 2.45) is 0 Å². The van der Waals surface area contributed by atoms with E-state index in [9.17, 15) is 4.39 Å². The minimum atomic E-state index is -0.243. The van der Waals surface area contributed by atoms with Gasteiger partial charge >= 0.3 is 0 Å². The van der Waals surface area contributed by atoms with Gasteiger partial charge in [0.05, 0.1) is 12.3 Å². The van der Waals surface area contributed by atoms with E-state index in [2.05, 4.69) is 0 Å². The highest BCUT2D eigenvalue weighted by Crippen LogP contribution is 2.28. The van der Waals surface area contributed by atoms with Crippen LogP contribution in [-0.2, 0) is 0 Å². The van der Waals surface area contributed by atoms with Crippen molar-refractivity contribution in [1.29, 1.82) is 0 Å². The molecule has 0 unspecified atom stereocenters. The van der Waals surface area contributed by atoms with Gasteiger partial charge in [-0.05, 0) is 42.3 Å². The predicted molar refractivity (Wildman–Crippen MR) is 67.4 cm³/mol. The van der Waals surface area contributed by atoms with Gasteiger partial charge in [0, 0.05) is 0 Å². The molecule has 88 valence electrons. The molecule has 3 heteroatoms. The summed E-state index contributed by atoms with van der Waals surface area (Å²) < 4.78 is 18.2. The number of nitrogen functional groups attached to an aromatic ring is 1. The van der Waals surface area contributed by atoms with Gasteiger partial charge < -0.3 is 10.5 Å². The van der Waals surface area contributed by atoms with Crippen LogP contribution in [0.15, 0.2) is 42.5 Å². The highest BCUT2D eigenvalue weighted by atomic mass is 19.1. The number of ether oxygens (including phenoxy) is 1. The van der Waals surface area contributed by atoms with Crippen molar-refractivity contribution in [3.05, 3.63) is 48.3 Å². The lowest BCUT2D eigenvalue weighted by Gasteiger charge is -2.09. The van der Waals surface area contributed by atoms with E-state index in [-0.39, 0.29) is 5.82 Å². The van der Waals surface area contributed by atoms with Crippen LogP contribution in [0.5, 0.6) is 5.75 Å². The third-order valence-corrected chi connectivity index (χ3v) is 2.49.